The van der Waals surface area contributed by atoms with Crippen LogP contribution in [0.3, 0.4) is 0 Å². The van der Waals surface area contributed by atoms with Gasteiger partial charge in [-0.3, -0.25) is 0 Å². The Labute approximate surface area is 341 Å². The molecule has 0 N–H and O–H groups in total. The molecule has 1 aliphatic carbocycles. The predicted octanol–water partition coefficient (Wildman–Crippen LogP) is 16.0. The number of furan rings is 2. The molecular formula is C56H37NO2. The summed E-state index contributed by atoms with van der Waals surface area (Å²) in [5.41, 5.74) is 13.0. The first-order chi connectivity index (χ1) is 29.2. The molecule has 2 heterocycles. The minimum absolute atomic E-state index is 0.0154. The molecule has 9 aromatic carbocycles. The first kappa shape index (κ1) is 33.5. The fourth-order valence-electron chi connectivity index (χ4n) is 9.33. The van der Waals surface area contributed by atoms with Gasteiger partial charge in [-0.25, -0.2) is 0 Å². The molecule has 278 valence electrons. The van der Waals surface area contributed by atoms with Gasteiger partial charge in [-0.2, -0.15) is 0 Å². The molecule has 3 nitrogen and oxygen atoms in total. The number of para-hydroxylation sites is 2. The van der Waals surface area contributed by atoms with Crippen LogP contribution in [-0.4, -0.2) is 0 Å². The number of rotatable bonds is 6. The normalized spacial score (nSPS) is 13.8. The Balaban J connectivity index is 1.01. The summed E-state index contributed by atoms with van der Waals surface area (Å²) in [6.45, 7) is 0. The van der Waals surface area contributed by atoms with Gasteiger partial charge in [-0.15, -0.1) is 0 Å². The Bertz CT molecular complexity index is 3440. The van der Waals surface area contributed by atoms with E-state index < -0.39 is 0 Å². The van der Waals surface area contributed by atoms with Crippen molar-refractivity contribution in [2.75, 3.05) is 4.90 Å². The quantitative estimate of drug-likeness (QED) is 0.169. The molecular weight excluding hydrogens is 719 g/mol. The number of benzene rings is 9. The van der Waals surface area contributed by atoms with Crippen LogP contribution >= 0.6 is 0 Å². The molecule has 0 aliphatic heterocycles. The Morgan fingerprint density at radius 1 is 0.424 bits per heavy atom. The van der Waals surface area contributed by atoms with E-state index in [1.165, 1.54) is 49.4 Å². The standard InChI is InChI=1S/C56H37NO2/c1-2-13-38-33-43(27-26-36(38)12-1)40-17-9-16-39(32-40)37-28-30-44(31-29-37)57(51-23-11-25-53-55(51)48-19-6-8-24-52(48)58-53)50-22-7-5-18-45(50)46-20-10-21-47-49-34-41-14-3-4-15-42(41)35-54(49)59-56(46)47/h1-19,21-35,46H,20H2. The summed E-state index contributed by atoms with van der Waals surface area (Å²) in [6.07, 6.45) is 5.39. The topological polar surface area (TPSA) is 29.5 Å². The maximum absolute atomic E-state index is 6.87. The van der Waals surface area contributed by atoms with Crippen LogP contribution < -0.4 is 4.90 Å². The van der Waals surface area contributed by atoms with Crippen LogP contribution in [0.5, 0.6) is 0 Å². The van der Waals surface area contributed by atoms with Gasteiger partial charge in [0.25, 0.3) is 0 Å². The van der Waals surface area contributed by atoms with E-state index >= 15 is 0 Å². The first-order valence-electron chi connectivity index (χ1n) is 20.3. The summed E-state index contributed by atoms with van der Waals surface area (Å²) >= 11 is 0. The summed E-state index contributed by atoms with van der Waals surface area (Å²) in [6, 6.07) is 69.7. The van der Waals surface area contributed by atoms with Crippen molar-refractivity contribution in [3.8, 4) is 22.3 Å². The van der Waals surface area contributed by atoms with Crippen molar-refractivity contribution in [3.63, 3.8) is 0 Å². The van der Waals surface area contributed by atoms with Gasteiger partial charge in [0, 0.05) is 27.9 Å². The third-order valence-corrected chi connectivity index (χ3v) is 12.2. The van der Waals surface area contributed by atoms with Gasteiger partial charge in [0.1, 0.15) is 22.5 Å². The van der Waals surface area contributed by atoms with Gasteiger partial charge >= 0.3 is 0 Å². The summed E-state index contributed by atoms with van der Waals surface area (Å²) in [7, 11) is 0. The van der Waals surface area contributed by atoms with Crippen molar-refractivity contribution in [2.24, 2.45) is 0 Å². The molecule has 0 amide bonds. The SMILES string of the molecule is C1=Cc2c(oc3cc4ccccc4cc23)C(c2ccccc2N(c2ccc(-c3cccc(-c4ccc5ccccc5c4)c3)cc2)c2cccc3oc4ccccc4c23)C1. The van der Waals surface area contributed by atoms with E-state index in [0.717, 1.165) is 67.7 Å². The zero-order chi connectivity index (χ0) is 38.9. The second-order valence-corrected chi connectivity index (χ2v) is 15.6. The van der Waals surface area contributed by atoms with Gasteiger partial charge in [0.05, 0.1) is 16.8 Å². The van der Waals surface area contributed by atoms with Crippen LogP contribution in [0.4, 0.5) is 17.1 Å². The van der Waals surface area contributed by atoms with Crippen LogP contribution in [0, 0.1) is 0 Å². The average Bonchev–Trinajstić information content (AvgIpc) is 3.87. The van der Waals surface area contributed by atoms with E-state index in [4.69, 9.17) is 8.83 Å². The van der Waals surface area contributed by atoms with E-state index in [2.05, 4.69) is 205 Å². The lowest BCUT2D eigenvalue weighted by Gasteiger charge is -2.31. The molecule has 2 aromatic heterocycles. The molecule has 3 heteroatoms. The summed E-state index contributed by atoms with van der Waals surface area (Å²) < 4.78 is 13.3. The minimum atomic E-state index is 0.0154. The van der Waals surface area contributed by atoms with Crippen molar-refractivity contribution < 1.29 is 8.83 Å². The van der Waals surface area contributed by atoms with E-state index in [1.807, 2.05) is 6.07 Å². The van der Waals surface area contributed by atoms with Crippen molar-refractivity contribution in [2.45, 2.75) is 12.3 Å². The zero-order valence-corrected chi connectivity index (χ0v) is 32.2. The highest BCUT2D eigenvalue weighted by molar-refractivity contribution is 6.13. The Morgan fingerprint density at radius 2 is 1.07 bits per heavy atom. The highest BCUT2D eigenvalue weighted by Crippen LogP contribution is 2.49. The van der Waals surface area contributed by atoms with Gasteiger partial charge < -0.3 is 13.7 Å². The molecule has 0 fully saturated rings. The van der Waals surface area contributed by atoms with E-state index in [9.17, 15) is 0 Å². The largest absolute Gasteiger partial charge is 0.460 e. The van der Waals surface area contributed by atoms with Gasteiger partial charge in [0.15, 0.2) is 0 Å². The van der Waals surface area contributed by atoms with Gasteiger partial charge in [0.2, 0.25) is 0 Å². The average molecular weight is 756 g/mol. The third-order valence-electron chi connectivity index (χ3n) is 12.2. The number of anilines is 3. The Morgan fingerprint density at radius 3 is 1.93 bits per heavy atom. The fourth-order valence-corrected chi connectivity index (χ4v) is 9.33. The molecule has 0 bridgehead atoms. The molecule has 0 spiro atoms. The number of nitrogens with zero attached hydrogens (tertiary/aromatic N) is 1. The third kappa shape index (κ3) is 5.58. The molecule has 1 aliphatic rings. The summed E-state index contributed by atoms with van der Waals surface area (Å²) in [5.74, 6) is 1.03. The van der Waals surface area contributed by atoms with Crippen LogP contribution in [0.1, 0.15) is 29.2 Å². The molecule has 1 unspecified atom stereocenters. The molecule has 0 saturated carbocycles. The summed E-state index contributed by atoms with van der Waals surface area (Å²) in [5, 5.41) is 8.23. The van der Waals surface area contributed by atoms with Gasteiger partial charge in [-0.1, -0.05) is 146 Å². The van der Waals surface area contributed by atoms with E-state index in [-0.39, 0.29) is 5.92 Å². The van der Waals surface area contributed by atoms with Crippen LogP contribution in [0.2, 0.25) is 0 Å². The number of hydrogen-bond donors (Lipinski definition) is 0. The first-order valence-corrected chi connectivity index (χ1v) is 20.3. The molecule has 12 rings (SSSR count). The lowest BCUT2D eigenvalue weighted by Crippen LogP contribution is -2.15. The monoisotopic (exact) mass is 755 g/mol. The van der Waals surface area contributed by atoms with E-state index in [0.29, 0.717) is 0 Å². The van der Waals surface area contributed by atoms with Crippen molar-refractivity contribution in [1.82, 2.24) is 0 Å². The number of fused-ring (bicyclic) bond motifs is 8. The highest BCUT2D eigenvalue weighted by atomic mass is 16.3. The molecule has 1 atom stereocenters. The maximum Gasteiger partial charge on any atom is 0.137 e. The van der Waals surface area contributed by atoms with Crippen molar-refractivity contribution in [3.05, 3.63) is 217 Å². The smallest absolute Gasteiger partial charge is 0.137 e. The van der Waals surface area contributed by atoms with Crippen molar-refractivity contribution in [1.29, 1.82) is 0 Å². The summed E-state index contributed by atoms with van der Waals surface area (Å²) in [4.78, 5) is 2.42. The number of allylic oxidation sites excluding steroid dienone is 1. The number of hydrogen-bond acceptors (Lipinski definition) is 3. The lowest BCUT2D eigenvalue weighted by molar-refractivity contribution is 0.517. The minimum Gasteiger partial charge on any atom is -0.460 e. The predicted molar refractivity (Wildman–Crippen MR) is 246 cm³/mol. The Kier molecular flexibility index (Phi) is 7.67. The van der Waals surface area contributed by atoms with E-state index in [1.54, 1.807) is 0 Å². The lowest BCUT2D eigenvalue weighted by atomic mass is 9.85. The molecule has 59 heavy (non-hydrogen) atoms. The van der Waals surface area contributed by atoms with Crippen LogP contribution in [0.15, 0.2) is 209 Å². The van der Waals surface area contributed by atoms with Crippen LogP contribution in [0.25, 0.3) is 82.8 Å². The highest BCUT2D eigenvalue weighted by Gasteiger charge is 2.30. The maximum atomic E-state index is 6.87. The Hall–Kier alpha value is -7.62. The van der Waals surface area contributed by atoms with Crippen LogP contribution in [-0.2, 0) is 0 Å². The molecule has 11 aromatic rings. The van der Waals surface area contributed by atoms with Gasteiger partial charge in [-0.05, 0) is 116 Å². The fraction of sp³-hybridized carbons (Fsp3) is 0.0357. The zero-order valence-electron chi connectivity index (χ0n) is 32.2. The van der Waals surface area contributed by atoms with Crippen molar-refractivity contribution >= 4 is 77.6 Å². The second kappa shape index (κ2) is 13.5. The second-order valence-electron chi connectivity index (χ2n) is 15.6. The molecule has 0 radical (unpaired) electrons. The molecule has 0 saturated heterocycles.